The molecule has 0 amide bonds. The first-order chi connectivity index (χ1) is 7.20. The maximum atomic E-state index is 3.68. The molecule has 1 aliphatic rings. The first kappa shape index (κ1) is 11.2. The zero-order valence-corrected chi connectivity index (χ0v) is 11.0. The molecule has 0 bridgehead atoms. The third-order valence-electron chi connectivity index (χ3n) is 3.39. The van der Waals surface area contributed by atoms with E-state index in [9.17, 15) is 0 Å². The number of benzene rings is 1. The highest BCUT2D eigenvalue weighted by molar-refractivity contribution is 9.10. The number of hydrogen-bond donors (Lipinski definition) is 1. The second-order valence-electron chi connectivity index (χ2n) is 4.41. The van der Waals surface area contributed by atoms with E-state index >= 15 is 0 Å². The summed E-state index contributed by atoms with van der Waals surface area (Å²) in [5, 5.41) is 3.61. The van der Waals surface area contributed by atoms with E-state index in [0.29, 0.717) is 6.04 Å². The van der Waals surface area contributed by atoms with Crippen LogP contribution in [0.2, 0.25) is 0 Å². The predicted molar refractivity (Wildman–Crippen MR) is 68.2 cm³/mol. The SMILES string of the molecule is Cc1ccc(Br)c(C2CCCCN2)c1C. The Morgan fingerprint density at radius 3 is 2.73 bits per heavy atom. The van der Waals surface area contributed by atoms with E-state index < -0.39 is 0 Å². The minimum Gasteiger partial charge on any atom is -0.310 e. The topological polar surface area (TPSA) is 12.0 Å². The zero-order valence-electron chi connectivity index (χ0n) is 9.44. The standard InChI is InChI=1S/C13H18BrN/c1-9-6-7-11(14)13(10(9)2)12-5-3-4-8-15-12/h6-7,12,15H,3-5,8H2,1-2H3. The molecule has 15 heavy (non-hydrogen) atoms. The van der Waals surface area contributed by atoms with Crippen molar-refractivity contribution in [1.29, 1.82) is 0 Å². The lowest BCUT2D eigenvalue weighted by molar-refractivity contribution is 0.410. The molecule has 1 fully saturated rings. The van der Waals surface area contributed by atoms with E-state index in [1.165, 1.54) is 40.4 Å². The highest BCUT2D eigenvalue weighted by atomic mass is 79.9. The molecule has 1 unspecified atom stereocenters. The Kier molecular flexibility index (Phi) is 3.47. The van der Waals surface area contributed by atoms with Crippen LogP contribution < -0.4 is 5.32 Å². The van der Waals surface area contributed by atoms with Gasteiger partial charge in [0.2, 0.25) is 0 Å². The minimum atomic E-state index is 0.549. The van der Waals surface area contributed by atoms with E-state index in [-0.39, 0.29) is 0 Å². The van der Waals surface area contributed by atoms with Crippen molar-refractivity contribution in [2.24, 2.45) is 0 Å². The van der Waals surface area contributed by atoms with Crippen molar-refractivity contribution in [2.75, 3.05) is 6.54 Å². The second kappa shape index (κ2) is 4.67. The van der Waals surface area contributed by atoms with Gasteiger partial charge in [-0.3, -0.25) is 0 Å². The van der Waals surface area contributed by atoms with Crippen LogP contribution in [0.25, 0.3) is 0 Å². The summed E-state index contributed by atoms with van der Waals surface area (Å²) in [5.41, 5.74) is 4.29. The van der Waals surface area contributed by atoms with Crippen molar-refractivity contribution in [1.82, 2.24) is 5.32 Å². The van der Waals surface area contributed by atoms with Gasteiger partial charge < -0.3 is 5.32 Å². The number of nitrogens with one attached hydrogen (secondary N) is 1. The average Bonchev–Trinajstić information content (AvgIpc) is 2.26. The van der Waals surface area contributed by atoms with Gasteiger partial charge in [0.15, 0.2) is 0 Å². The van der Waals surface area contributed by atoms with E-state index in [1.54, 1.807) is 0 Å². The lowest BCUT2D eigenvalue weighted by Gasteiger charge is -2.27. The summed E-state index contributed by atoms with van der Waals surface area (Å²) in [7, 11) is 0. The number of rotatable bonds is 1. The maximum Gasteiger partial charge on any atom is 0.0334 e. The Morgan fingerprint density at radius 2 is 2.07 bits per heavy atom. The largest absolute Gasteiger partial charge is 0.310 e. The molecule has 1 atom stereocenters. The Bertz CT molecular complexity index is 354. The molecule has 1 aliphatic heterocycles. The fourth-order valence-electron chi connectivity index (χ4n) is 2.33. The average molecular weight is 268 g/mol. The molecule has 1 N–H and O–H groups in total. The molecule has 1 aromatic rings. The van der Waals surface area contributed by atoms with Gasteiger partial charge in [-0.15, -0.1) is 0 Å². The van der Waals surface area contributed by atoms with E-state index in [4.69, 9.17) is 0 Å². The summed E-state index contributed by atoms with van der Waals surface area (Å²) >= 11 is 3.68. The van der Waals surface area contributed by atoms with Crippen molar-refractivity contribution in [2.45, 2.75) is 39.2 Å². The van der Waals surface area contributed by atoms with Crippen LogP contribution in [0.1, 0.15) is 42.0 Å². The number of halogens is 1. The first-order valence-electron chi connectivity index (χ1n) is 5.69. The van der Waals surface area contributed by atoms with Gasteiger partial charge in [0.05, 0.1) is 0 Å². The molecule has 2 rings (SSSR count). The molecule has 0 spiro atoms. The molecular weight excluding hydrogens is 250 g/mol. The summed E-state index contributed by atoms with van der Waals surface area (Å²) in [5.74, 6) is 0. The lowest BCUT2D eigenvalue weighted by atomic mass is 9.92. The van der Waals surface area contributed by atoms with E-state index in [0.717, 1.165) is 6.54 Å². The van der Waals surface area contributed by atoms with Crippen LogP contribution in [0.15, 0.2) is 16.6 Å². The van der Waals surface area contributed by atoms with Crippen LogP contribution in [-0.2, 0) is 0 Å². The van der Waals surface area contributed by atoms with Crippen LogP contribution in [0, 0.1) is 13.8 Å². The molecule has 1 nitrogen and oxygen atoms in total. The van der Waals surface area contributed by atoms with Gasteiger partial charge in [-0.2, -0.15) is 0 Å². The molecule has 1 heterocycles. The fourth-order valence-corrected chi connectivity index (χ4v) is 3.04. The molecule has 0 aromatic heterocycles. The quantitative estimate of drug-likeness (QED) is 0.815. The van der Waals surface area contributed by atoms with E-state index in [1.807, 2.05) is 0 Å². The van der Waals surface area contributed by atoms with Gasteiger partial charge in [0, 0.05) is 10.5 Å². The highest BCUT2D eigenvalue weighted by Gasteiger charge is 2.19. The molecule has 1 saturated heterocycles. The van der Waals surface area contributed by atoms with Gasteiger partial charge in [-0.25, -0.2) is 0 Å². The summed E-state index contributed by atoms with van der Waals surface area (Å²) < 4.78 is 1.25. The normalized spacial score (nSPS) is 21.7. The highest BCUT2D eigenvalue weighted by Crippen LogP contribution is 2.33. The molecule has 0 saturated carbocycles. The molecule has 0 aliphatic carbocycles. The lowest BCUT2D eigenvalue weighted by Crippen LogP contribution is -2.27. The van der Waals surface area contributed by atoms with Crippen molar-refractivity contribution in [3.63, 3.8) is 0 Å². The van der Waals surface area contributed by atoms with E-state index in [2.05, 4.69) is 47.2 Å². The Morgan fingerprint density at radius 1 is 1.27 bits per heavy atom. The fraction of sp³-hybridized carbons (Fsp3) is 0.538. The third-order valence-corrected chi connectivity index (χ3v) is 4.08. The molecule has 82 valence electrons. The Labute approximate surface area is 100 Å². The summed E-state index contributed by atoms with van der Waals surface area (Å²) in [6.07, 6.45) is 3.93. The van der Waals surface area contributed by atoms with Gasteiger partial charge in [0.25, 0.3) is 0 Å². The number of hydrogen-bond acceptors (Lipinski definition) is 1. The van der Waals surface area contributed by atoms with Crippen LogP contribution in [0.5, 0.6) is 0 Å². The minimum absolute atomic E-state index is 0.549. The van der Waals surface area contributed by atoms with Crippen LogP contribution in [-0.4, -0.2) is 6.54 Å². The van der Waals surface area contributed by atoms with Gasteiger partial charge >= 0.3 is 0 Å². The van der Waals surface area contributed by atoms with Crippen molar-refractivity contribution >= 4 is 15.9 Å². The third kappa shape index (κ3) is 2.26. The van der Waals surface area contributed by atoms with Crippen LogP contribution >= 0.6 is 15.9 Å². The van der Waals surface area contributed by atoms with Gasteiger partial charge in [-0.05, 0) is 56.0 Å². The van der Waals surface area contributed by atoms with Gasteiger partial charge in [-0.1, -0.05) is 28.4 Å². The maximum absolute atomic E-state index is 3.68. The summed E-state index contributed by atoms with van der Waals surface area (Å²) in [6, 6.07) is 4.91. The van der Waals surface area contributed by atoms with Gasteiger partial charge in [0.1, 0.15) is 0 Å². The Balaban J connectivity index is 2.36. The summed E-state index contributed by atoms with van der Waals surface area (Å²) in [6.45, 7) is 5.57. The smallest absolute Gasteiger partial charge is 0.0334 e. The molecule has 2 heteroatoms. The number of aryl methyl sites for hydroxylation is 1. The predicted octanol–water partition coefficient (Wildman–Crippen LogP) is 3.88. The molecule has 0 radical (unpaired) electrons. The Hall–Kier alpha value is -0.340. The van der Waals surface area contributed by atoms with Crippen LogP contribution in [0.4, 0.5) is 0 Å². The van der Waals surface area contributed by atoms with Crippen molar-refractivity contribution in [3.05, 3.63) is 33.3 Å². The molecule has 1 aromatic carbocycles. The van der Waals surface area contributed by atoms with Crippen molar-refractivity contribution < 1.29 is 0 Å². The molecular formula is C13H18BrN. The second-order valence-corrected chi connectivity index (χ2v) is 5.26. The first-order valence-corrected chi connectivity index (χ1v) is 6.48. The summed E-state index contributed by atoms with van der Waals surface area (Å²) in [4.78, 5) is 0. The van der Waals surface area contributed by atoms with Crippen molar-refractivity contribution in [3.8, 4) is 0 Å². The zero-order chi connectivity index (χ0) is 10.8. The number of piperidine rings is 1. The monoisotopic (exact) mass is 267 g/mol. The van der Waals surface area contributed by atoms with Crippen LogP contribution in [0.3, 0.4) is 0 Å².